The predicted octanol–water partition coefficient (Wildman–Crippen LogP) is 6.52. The molecule has 3 aromatic rings. The molecule has 0 aliphatic carbocycles. The molecule has 0 amide bonds. The van der Waals surface area contributed by atoms with E-state index in [2.05, 4.69) is 18.7 Å². The van der Waals surface area contributed by atoms with Crippen molar-refractivity contribution in [2.24, 2.45) is 0 Å². The van der Waals surface area contributed by atoms with Crippen LogP contribution in [0.5, 0.6) is 11.5 Å². The highest BCUT2D eigenvalue weighted by atomic mass is 35.5. The van der Waals surface area contributed by atoms with Crippen LogP contribution in [-0.2, 0) is 6.61 Å². The van der Waals surface area contributed by atoms with Crippen molar-refractivity contribution in [3.8, 4) is 11.5 Å². The SMILES string of the molecule is CCN(CC)c1ccc(/C=C2\Oc3cc(OCc4c(F)cccc4Cl)ccc3C2=O)cc1. The van der Waals surface area contributed by atoms with Crippen LogP contribution in [0.1, 0.15) is 35.3 Å². The predicted molar refractivity (Wildman–Crippen MR) is 125 cm³/mol. The highest BCUT2D eigenvalue weighted by molar-refractivity contribution is 6.31. The van der Waals surface area contributed by atoms with Crippen molar-refractivity contribution in [1.82, 2.24) is 0 Å². The Bertz CT molecular complexity index is 1150. The number of rotatable bonds is 7. The lowest BCUT2D eigenvalue weighted by atomic mass is 10.1. The zero-order chi connectivity index (χ0) is 22.7. The zero-order valence-corrected chi connectivity index (χ0v) is 18.7. The Morgan fingerprint density at radius 3 is 2.50 bits per heavy atom. The number of halogens is 2. The van der Waals surface area contributed by atoms with Gasteiger partial charge in [-0.3, -0.25) is 4.79 Å². The van der Waals surface area contributed by atoms with Gasteiger partial charge < -0.3 is 14.4 Å². The van der Waals surface area contributed by atoms with Gasteiger partial charge in [0.15, 0.2) is 5.76 Å². The third kappa shape index (κ3) is 4.48. The van der Waals surface area contributed by atoms with Crippen molar-refractivity contribution in [3.63, 3.8) is 0 Å². The first-order chi connectivity index (χ1) is 15.5. The summed E-state index contributed by atoms with van der Waals surface area (Å²) in [6, 6.07) is 17.4. The number of anilines is 1. The number of allylic oxidation sites excluding steroid dienone is 1. The molecule has 3 aromatic carbocycles. The molecule has 1 heterocycles. The quantitative estimate of drug-likeness (QED) is 0.383. The summed E-state index contributed by atoms with van der Waals surface area (Å²) in [5.74, 6) is 0.516. The maximum atomic E-state index is 13.9. The van der Waals surface area contributed by atoms with Crippen LogP contribution >= 0.6 is 11.6 Å². The summed E-state index contributed by atoms with van der Waals surface area (Å²) in [5.41, 5.74) is 2.76. The number of nitrogens with zero attached hydrogens (tertiary/aromatic N) is 1. The van der Waals surface area contributed by atoms with Gasteiger partial charge in [0.25, 0.3) is 0 Å². The maximum absolute atomic E-state index is 13.9. The number of fused-ring (bicyclic) bond motifs is 1. The molecule has 6 heteroatoms. The van der Waals surface area contributed by atoms with Gasteiger partial charge in [0.1, 0.15) is 23.9 Å². The van der Waals surface area contributed by atoms with Crippen molar-refractivity contribution in [3.05, 3.63) is 94.0 Å². The molecule has 0 aromatic heterocycles. The van der Waals surface area contributed by atoms with E-state index in [1.165, 1.54) is 6.07 Å². The second-order valence-corrected chi connectivity index (χ2v) is 7.76. The summed E-state index contributed by atoms with van der Waals surface area (Å²) < 4.78 is 25.4. The zero-order valence-electron chi connectivity index (χ0n) is 17.9. The smallest absolute Gasteiger partial charge is 0.231 e. The second-order valence-electron chi connectivity index (χ2n) is 7.35. The third-order valence-corrected chi connectivity index (χ3v) is 5.76. The first-order valence-corrected chi connectivity index (χ1v) is 10.9. The summed E-state index contributed by atoms with van der Waals surface area (Å²) in [6.45, 7) is 6.07. The van der Waals surface area contributed by atoms with Crippen LogP contribution in [0.15, 0.2) is 66.4 Å². The van der Waals surface area contributed by atoms with Gasteiger partial charge in [-0.15, -0.1) is 0 Å². The summed E-state index contributed by atoms with van der Waals surface area (Å²) in [7, 11) is 0. The standard InChI is InChI=1S/C26H23ClFNO3/c1-3-29(4-2)18-10-8-17(9-11-18)14-25-26(30)20-13-12-19(15-24(20)32-25)31-16-21-22(27)6-5-7-23(21)28/h5-15H,3-4,16H2,1-2H3/b25-14-. The molecular formula is C26H23ClFNO3. The van der Waals surface area contributed by atoms with E-state index in [0.717, 1.165) is 24.3 Å². The topological polar surface area (TPSA) is 38.8 Å². The van der Waals surface area contributed by atoms with Gasteiger partial charge in [-0.2, -0.15) is 0 Å². The Kier molecular flexibility index (Phi) is 6.47. The Morgan fingerprint density at radius 1 is 1.06 bits per heavy atom. The summed E-state index contributed by atoms with van der Waals surface area (Å²) in [5, 5.41) is 0.301. The van der Waals surface area contributed by atoms with E-state index in [1.54, 1.807) is 36.4 Å². The number of carbonyl (C=O) groups excluding carboxylic acids is 1. The van der Waals surface area contributed by atoms with Gasteiger partial charge in [-0.05, 0) is 61.9 Å². The molecule has 0 spiro atoms. The van der Waals surface area contributed by atoms with E-state index >= 15 is 0 Å². The fraction of sp³-hybridized carbons (Fsp3) is 0.192. The molecule has 1 aliphatic rings. The van der Waals surface area contributed by atoms with Crippen molar-refractivity contribution in [2.75, 3.05) is 18.0 Å². The lowest BCUT2D eigenvalue weighted by Crippen LogP contribution is -2.21. The molecule has 0 fully saturated rings. The Labute approximate surface area is 191 Å². The minimum Gasteiger partial charge on any atom is -0.489 e. The van der Waals surface area contributed by atoms with Gasteiger partial charge >= 0.3 is 0 Å². The average molecular weight is 452 g/mol. The van der Waals surface area contributed by atoms with Crippen LogP contribution in [0.25, 0.3) is 6.08 Å². The number of hydrogen-bond donors (Lipinski definition) is 0. The molecule has 4 nitrogen and oxygen atoms in total. The molecule has 164 valence electrons. The van der Waals surface area contributed by atoms with Crippen LogP contribution in [0, 0.1) is 5.82 Å². The minimum atomic E-state index is -0.428. The van der Waals surface area contributed by atoms with E-state index in [9.17, 15) is 9.18 Å². The number of carbonyl (C=O) groups is 1. The highest BCUT2D eigenvalue weighted by Crippen LogP contribution is 2.35. The lowest BCUT2D eigenvalue weighted by molar-refractivity contribution is 0.101. The Hall–Kier alpha value is -3.31. The summed E-state index contributed by atoms with van der Waals surface area (Å²) >= 11 is 6.05. The summed E-state index contributed by atoms with van der Waals surface area (Å²) in [6.07, 6.45) is 1.73. The van der Waals surface area contributed by atoms with Crippen LogP contribution in [0.3, 0.4) is 0 Å². The average Bonchev–Trinajstić information content (AvgIpc) is 3.10. The molecule has 0 saturated heterocycles. The minimum absolute atomic E-state index is 0.0280. The second kappa shape index (κ2) is 9.45. The van der Waals surface area contributed by atoms with E-state index in [0.29, 0.717) is 22.1 Å². The normalized spacial score (nSPS) is 13.8. The van der Waals surface area contributed by atoms with Crippen molar-refractivity contribution < 1.29 is 18.7 Å². The number of hydrogen-bond acceptors (Lipinski definition) is 4. The number of ketones is 1. The van der Waals surface area contributed by atoms with E-state index in [4.69, 9.17) is 21.1 Å². The molecule has 0 atom stereocenters. The molecule has 0 radical (unpaired) electrons. The number of ether oxygens (including phenoxy) is 2. The molecule has 1 aliphatic heterocycles. The lowest BCUT2D eigenvalue weighted by Gasteiger charge is -2.20. The van der Waals surface area contributed by atoms with Gasteiger partial charge in [0, 0.05) is 30.4 Å². The third-order valence-electron chi connectivity index (χ3n) is 5.41. The van der Waals surface area contributed by atoms with Crippen LogP contribution in [-0.4, -0.2) is 18.9 Å². The van der Waals surface area contributed by atoms with Crippen LogP contribution in [0.4, 0.5) is 10.1 Å². The maximum Gasteiger partial charge on any atom is 0.231 e. The van der Waals surface area contributed by atoms with Gasteiger partial charge in [-0.1, -0.05) is 29.8 Å². The van der Waals surface area contributed by atoms with E-state index in [-0.39, 0.29) is 23.7 Å². The molecule has 32 heavy (non-hydrogen) atoms. The molecule has 4 rings (SSSR count). The van der Waals surface area contributed by atoms with Crippen LogP contribution < -0.4 is 14.4 Å². The van der Waals surface area contributed by atoms with Crippen molar-refractivity contribution in [2.45, 2.75) is 20.5 Å². The highest BCUT2D eigenvalue weighted by Gasteiger charge is 2.27. The number of benzene rings is 3. The molecule has 0 saturated carbocycles. The van der Waals surface area contributed by atoms with E-state index in [1.807, 2.05) is 24.3 Å². The summed E-state index contributed by atoms with van der Waals surface area (Å²) in [4.78, 5) is 15.0. The Morgan fingerprint density at radius 2 is 1.81 bits per heavy atom. The fourth-order valence-corrected chi connectivity index (χ4v) is 3.82. The molecule has 0 unspecified atom stereocenters. The van der Waals surface area contributed by atoms with Crippen molar-refractivity contribution in [1.29, 1.82) is 0 Å². The van der Waals surface area contributed by atoms with Gasteiger partial charge in [-0.25, -0.2) is 4.39 Å². The molecular weight excluding hydrogens is 429 g/mol. The largest absolute Gasteiger partial charge is 0.489 e. The molecule has 0 N–H and O–H groups in total. The van der Waals surface area contributed by atoms with Gasteiger partial charge in [0.2, 0.25) is 5.78 Å². The van der Waals surface area contributed by atoms with Gasteiger partial charge in [0.05, 0.1) is 10.6 Å². The molecule has 0 bridgehead atoms. The monoisotopic (exact) mass is 451 g/mol. The first-order valence-electron chi connectivity index (χ1n) is 10.5. The first kappa shape index (κ1) is 21.9. The van der Waals surface area contributed by atoms with Crippen molar-refractivity contribution >= 4 is 29.1 Å². The fourth-order valence-electron chi connectivity index (χ4n) is 3.60. The Balaban J connectivity index is 1.49. The van der Waals surface area contributed by atoms with E-state index < -0.39 is 5.82 Å². The van der Waals surface area contributed by atoms with Crippen LogP contribution in [0.2, 0.25) is 5.02 Å². The number of Topliss-reactive ketones (excluding diaryl/α,β-unsaturated/α-hetero) is 1.